The van der Waals surface area contributed by atoms with E-state index in [9.17, 15) is 4.79 Å². The smallest absolute Gasteiger partial charge is 0.255 e. The van der Waals surface area contributed by atoms with E-state index in [2.05, 4.69) is 31.1 Å². The highest BCUT2D eigenvalue weighted by Gasteiger charge is 2.14. The van der Waals surface area contributed by atoms with Crippen molar-refractivity contribution in [1.29, 1.82) is 0 Å². The normalized spacial score (nSPS) is 11.5. The first-order valence-corrected chi connectivity index (χ1v) is 9.28. The number of amides is 1. The van der Waals surface area contributed by atoms with Gasteiger partial charge in [-0.05, 0) is 59.5 Å². The maximum Gasteiger partial charge on any atom is 0.255 e. The molecule has 0 aliphatic rings. The minimum Gasteiger partial charge on any atom is -0.436 e. The Morgan fingerprint density at radius 3 is 2.21 bits per heavy atom. The van der Waals surface area contributed by atoms with Crippen LogP contribution in [-0.2, 0) is 5.41 Å². The lowest BCUT2D eigenvalue weighted by molar-refractivity contribution is 0.102. The SMILES string of the molecule is CC(C)(C)c1ccc(C(=O)Nc2ccc(-c3nc4ccccc4o3)cc2)cc1. The van der Waals surface area contributed by atoms with E-state index in [1.54, 1.807) is 0 Å². The quantitative estimate of drug-likeness (QED) is 0.478. The molecule has 1 amide bonds. The fraction of sp³-hybridized carbons (Fsp3) is 0.167. The fourth-order valence-corrected chi connectivity index (χ4v) is 3.02. The lowest BCUT2D eigenvalue weighted by Crippen LogP contribution is -2.14. The fourth-order valence-electron chi connectivity index (χ4n) is 3.02. The molecule has 0 saturated carbocycles. The Bertz CT molecular complexity index is 1080. The number of rotatable bonds is 3. The van der Waals surface area contributed by atoms with E-state index in [0.717, 1.165) is 22.4 Å². The first-order chi connectivity index (χ1) is 13.4. The number of fused-ring (bicyclic) bond motifs is 1. The molecule has 0 radical (unpaired) electrons. The zero-order valence-electron chi connectivity index (χ0n) is 16.2. The highest BCUT2D eigenvalue weighted by atomic mass is 16.3. The van der Waals surface area contributed by atoms with Crippen LogP contribution in [0.4, 0.5) is 5.69 Å². The van der Waals surface area contributed by atoms with Crippen LogP contribution < -0.4 is 5.32 Å². The number of hydrogen-bond donors (Lipinski definition) is 1. The molecule has 28 heavy (non-hydrogen) atoms. The van der Waals surface area contributed by atoms with Crippen molar-refractivity contribution in [1.82, 2.24) is 4.98 Å². The van der Waals surface area contributed by atoms with Gasteiger partial charge in [-0.2, -0.15) is 0 Å². The molecule has 4 aromatic rings. The third-order valence-corrected chi connectivity index (χ3v) is 4.70. The van der Waals surface area contributed by atoms with Gasteiger partial charge in [0.25, 0.3) is 5.91 Å². The molecule has 0 aliphatic carbocycles. The molecule has 4 heteroatoms. The van der Waals surface area contributed by atoms with Gasteiger partial charge in [0.2, 0.25) is 5.89 Å². The summed E-state index contributed by atoms with van der Waals surface area (Å²) < 4.78 is 5.78. The third kappa shape index (κ3) is 3.67. The van der Waals surface area contributed by atoms with E-state index in [1.807, 2.05) is 72.8 Å². The lowest BCUT2D eigenvalue weighted by Gasteiger charge is -2.19. The molecule has 0 saturated heterocycles. The number of nitrogens with one attached hydrogen (secondary N) is 1. The highest BCUT2D eigenvalue weighted by molar-refractivity contribution is 6.04. The number of hydrogen-bond acceptors (Lipinski definition) is 3. The summed E-state index contributed by atoms with van der Waals surface area (Å²) >= 11 is 0. The summed E-state index contributed by atoms with van der Waals surface area (Å²) in [5, 5.41) is 2.93. The molecule has 1 heterocycles. The van der Waals surface area contributed by atoms with E-state index in [4.69, 9.17) is 4.42 Å². The average molecular weight is 370 g/mol. The summed E-state index contributed by atoms with van der Waals surface area (Å²) in [5.74, 6) is 0.437. The van der Waals surface area contributed by atoms with Crippen LogP contribution in [0.2, 0.25) is 0 Å². The lowest BCUT2D eigenvalue weighted by atomic mass is 9.87. The van der Waals surface area contributed by atoms with Crippen LogP contribution in [0.1, 0.15) is 36.7 Å². The number of nitrogens with zero attached hydrogens (tertiary/aromatic N) is 1. The Morgan fingerprint density at radius 2 is 1.57 bits per heavy atom. The van der Waals surface area contributed by atoms with Gasteiger partial charge in [-0.25, -0.2) is 4.98 Å². The van der Waals surface area contributed by atoms with E-state index in [-0.39, 0.29) is 11.3 Å². The molecule has 0 bridgehead atoms. The van der Waals surface area contributed by atoms with Gasteiger partial charge in [-0.1, -0.05) is 45.0 Å². The van der Waals surface area contributed by atoms with Crippen molar-refractivity contribution in [3.63, 3.8) is 0 Å². The van der Waals surface area contributed by atoms with Gasteiger partial charge >= 0.3 is 0 Å². The molecular formula is C24H22N2O2. The van der Waals surface area contributed by atoms with Crippen molar-refractivity contribution in [2.45, 2.75) is 26.2 Å². The van der Waals surface area contributed by atoms with Crippen molar-refractivity contribution >= 4 is 22.7 Å². The third-order valence-electron chi connectivity index (χ3n) is 4.70. The summed E-state index contributed by atoms with van der Waals surface area (Å²) in [4.78, 5) is 17.0. The van der Waals surface area contributed by atoms with Gasteiger partial charge < -0.3 is 9.73 Å². The highest BCUT2D eigenvalue weighted by Crippen LogP contribution is 2.26. The van der Waals surface area contributed by atoms with Crippen molar-refractivity contribution in [3.8, 4) is 11.5 Å². The number of para-hydroxylation sites is 2. The van der Waals surface area contributed by atoms with Crippen LogP contribution in [0.15, 0.2) is 77.2 Å². The first-order valence-electron chi connectivity index (χ1n) is 9.28. The molecule has 140 valence electrons. The van der Waals surface area contributed by atoms with E-state index < -0.39 is 0 Å². The zero-order chi connectivity index (χ0) is 19.7. The Kier molecular flexibility index (Phi) is 4.47. The minimum atomic E-state index is -0.130. The average Bonchev–Trinajstić information content (AvgIpc) is 3.12. The Morgan fingerprint density at radius 1 is 0.893 bits per heavy atom. The van der Waals surface area contributed by atoms with Crippen LogP contribution in [0.25, 0.3) is 22.6 Å². The molecule has 4 rings (SSSR count). The monoisotopic (exact) mass is 370 g/mol. The summed E-state index contributed by atoms with van der Waals surface area (Å²) in [7, 11) is 0. The summed E-state index contributed by atoms with van der Waals surface area (Å²) in [6, 6.07) is 22.9. The van der Waals surface area contributed by atoms with Crippen LogP contribution in [-0.4, -0.2) is 10.9 Å². The van der Waals surface area contributed by atoms with Crippen molar-refractivity contribution < 1.29 is 9.21 Å². The first kappa shape index (κ1) is 18.0. The maximum atomic E-state index is 12.5. The number of aromatic nitrogens is 1. The summed E-state index contributed by atoms with van der Waals surface area (Å²) in [6.07, 6.45) is 0. The molecule has 1 N–H and O–H groups in total. The van der Waals surface area contributed by atoms with E-state index in [0.29, 0.717) is 11.5 Å². The van der Waals surface area contributed by atoms with Crippen molar-refractivity contribution in [2.24, 2.45) is 0 Å². The second-order valence-electron chi connectivity index (χ2n) is 7.85. The number of carbonyl (C=O) groups excluding carboxylic acids is 1. The van der Waals surface area contributed by atoms with Crippen LogP contribution in [0.3, 0.4) is 0 Å². The standard InChI is InChI=1S/C24H22N2O2/c1-24(2,3)18-12-8-16(9-13-18)22(27)25-19-14-10-17(11-15-19)23-26-20-6-4-5-7-21(20)28-23/h4-15H,1-3H3,(H,25,27). The Labute approximate surface area is 164 Å². The van der Waals surface area contributed by atoms with Crippen LogP contribution in [0, 0.1) is 0 Å². The van der Waals surface area contributed by atoms with Crippen LogP contribution >= 0.6 is 0 Å². The summed E-state index contributed by atoms with van der Waals surface area (Å²) in [6.45, 7) is 6.46. The number of carbonyl (C=O) groups is 1. The van der Waals surface area contributed by atoms with Gasteiger partial charge in [0.1, 0.15) is 5.52 Å². The van der Waals surface area contributed by atoms with Gasteiger partial charge in [0.15, 0.2) is 5.58 Å². The minimum absolute atomic E-state index is 0.0650. The van der Waals surface area contributed by atoms with Gasteiger partial charge in [-0.15, -0.1) is 0 Å². The molecule has 0 unspecified atom stereocenters. The number of oxazole rings is 1. The van der Waals surface area contributed by atoms with Crippen molar-refractivity contribution in [2.75, 3.05) is 5.32 Å². The number of anilines is 1. The second kappa shape index (κ2) is 6.97. The van der Waals surface area contributed by atoms with E-state index >= 15 is 0 Å². The molecule has 3 aromatic carbocycles. The van der Waals surface area contributed by atoms with Crippen molar-refractivity contribution in [3.05, 3.63) is 83.9 Å². The maximum absolute atomic E-state index is 12.5. The second-order valence-corrected chi connectivity index (χ2v) is 7.85. The Hall–Kier alpha value is -3.40. The van der Waals surface area contributed by atoms with Gasteiger partial charge in [0.05, 0.1) is 0 Å². The molecule has 0 spiro atoms. The molecule has 0 atom stereocenters. The number of benzene rings is 3. The Balaban J connectivity index is 1.49. The molecule has 4 nitrogen and oxygen atoms in total. The predicted octanol–water partition coefficient (Wildman–Crippen LogP) is 6.04. The molecular weight excluding hydrogens is 348 g/mol. The topological polar surface area (TPSA) is 55.1 Å². The van der Waals surface area contributed by atoms with Gasteiger partial charge in [0, 0.05) is 16.8 Å². The predicted molar refractivity (Wildman–Crippen MR) is 113 cm³/mol. The molecule has 1 aromatic heterocycles. The largest absolute Gasteiger partial charge is 0.436 e. The summed E-state index contributed by atoms with van der Waals surface area (Å²) in [5.41, 5.74) is 5.08. The molecule has 0 aliphatic heterocycles. The molecule has 0 fully saturated rings. The van der Waals surface area contributed by atoms with Gasteiger partial charge in [-0.3, -0.25) is 4.79 Å². The van der Waals surface area contributed by atoms with Crippen LogP contribution in [0.5, 0.6) is 0 Å². The zero-order valence-corrected chi connectivity index (χ0v) is 16.2. The van der Waals surface area contributed by atoms with E-state index in [1.165, 1.54) is 5.56 Å².